The lowest BCUT2D eigenvalue weighted by atomic mass is 9.79. The standard InChI is InChI=1S/C27H31N5O9S/c1-26(2)16-29(25(35)41-15-19-5-9-21(10-6-19)32(38)39)17-27(26,42)24(34)30-12-11-28-13-22(30)23(33)40-14-18-3-7-20(8-4-18)31(36)37/h3-10,22,28,42H,11-17H2,1-2H3. The highest BCUT2D eigenvalue weighted by Gasteiger charge is 2.58. The highest BCUT2D eigenvalue weighted by Crippen LogP contribution is 2.45. The molecule has 0 saturated carbocycles. The van der Waals surface area contributed by atoms with E-state index in [1.807, 2.05) is 13.8 Å². The molecule has 0 aromatic heterocycles. The molecule has 0 spiro atoms. The van der Waals surface area contributed by atoms with Gasteiger partial charge in [-0.3, -0.25) is 25.0 Å². The molecule has 2 aliphatic rings. The smallest absolute Gasteiger partial charge is 0.410 e. The van der Waals surface area contributed by atoms with Gasteiger partial charge in [0.2, 0.25) is 5.91 Å². The number of nitro groups is 2. The van der Waals surface area contributed by atoms with Crippen molar-refractivity contribution < 1.29 is 33.7 Å². The number of esters is 1. The van der Waals surface area contributed by atoms with E-state index in [0.29, 0.717) is 17.7 Å². The number of amides is 2. The van der Waals surface area contributed by atoms with Gasteiger partial charge in [-0.05, 0) is 35.4 Å². The molecule has 2 aromatic rings. The van der Waals surface area contributed by atoms with Crippen LogP contribution in [0.15, 0.2) is 48.5 Å². The molecule has 2 amide bonds. The number of piperazine rings is 1. The SMILES string of the molecule is CC1(C)CN(C(=O)OCc2ccc([N+](=O)[O-])cc2)CC1(S)C(=O)N1CCNCC1C(=O)OCc1ccc([N+](=O)[O-])cc1. The topological polar surface area (TPSA) is 174 Å². The van der Waals surface area contributed by atoms with E-state index < -0.39 is 44.0 Å². The largest absolute Gasteiger partial charge is 0.459 e. The molecule has 2 heterocycles. The lowest BCUT2D eigenvalue weighted by Crippen LogP contribution is -2.63. The lowest BCUT2D eigenvalue weighted by Gasteiger charge is -2.42. The highest BCUT2D eigenvalue weighted by atomic mass is 32.1. The van der Waals surface area contributed by atoms with Crippen LogP contribution in [0.2, 0.25) is 0 Å². The molecule has 0 aliphatic carbocycles. The van der Waals surface area contributed by atoms with Gasteiger partial charge in [-0.1, -0.05) is 13.8 Å². The third-order valence-electron chi connectivity index (χ3n) is 7.55. The number of thiol groups is 1. The van der Waals surface area contributed by atoms with Crippen molar-refractivity contribution in [2.75, 3.05) is 32.7 Å². The maximum atomic E-state index is 14.0. The van der Waals surface area contributed by atoms with Gasteiger partial charge in [-0.25, -0.2) is 9.59 Å². The molecule has 224 valence electrons. The number of hydrogen-bond acceptors (Lipinski definition) is 11. The van der Waals surface area contributed by atoms with Crippen molar-refractivity contribution in [3.05, 3.63) is 79.9 Å². The molecule has 0 radical (unpaired) electrons. The lowest BCUT2D eigenvalue weighted by molar-refractivity contribution is -0.385. The van der Waals surface area contributed by atoms with E-state index in [1.54, 1.807) is 0 Å². The van der Waals surface area contributed by atoms with Crippen LogP contribution in [0.5, 0.6) is 0 Å². The van der Waals surface area contributed by atoms with Gasteiger partial charge in [0.25, 0.3) is 11.4 Å². The van der Waals surface area contributed by atoms with E-state index >= 15 is 0 Å². The summed E-state index contributed by atoms with van der Waals surface area (Å²) < 4.78 is 9.54. The Morgan fingerprint density at radius 2 is 1.45 bits per heavy atom. The molecule has 2 atom stereocenters. The Kier molecular flexibility index (Phi) is 9.01. The van der Waals surface area contributed by atoms with Gasteiger partial charge in [0.15, 0.2) is 0 Å². The molecule has 2 fully saturated rings. The molecule has 2 unspecified atom stereocenters. The average molecular weight is 602 g/mol. The molecule has 1 N–H and O–H groups in total. The summed E-state index contributed by atoms with van der Waals surface area (Å²) in [4.78, 5) is 63.5. The van der Waals surface area contributed by atoms with Crippen molar-refractivity contribution in [1.29, 1.82) is 0 Å². The fraction of sp³-hybridized carbons (Fsp3) is 0.444. The summed E-state index contributed by atoms with van der Waals surface area (Å²) in [6.45, 7) is 4.33. The second-order valence-corrected chi connectivity index (χ2v) is 11.6. The van der Waals surface area contributed by atoms with Crippen LogP contribution in [0, 0.1) is 25.6 Å². The number of carbonyl (C=O) groups is 3. The second-order valence-electron chi connectivity index (χ2n) is 10.8. The van der Waals surface area contributed by atoms with Crippen LogP contribution in [0.3, 0.4) is 0 Å². The maximum absolute atomic E-state index is 14.0. The van der Waals surface area contributed by atoms with Gasteiger partial charge in [-0.15, -0.1) is 0 Å². The predicted molar refractivity (Wildman–Crippen MR) is 152 cm³/mol. The molecule has 2 aliphatic heterocycles. The molecule has 0 bridgehead atoms. The third-order valence-corrected chi connectivity index (χ3v) is 8.49. The molecule has 14 nitrogen and oxygen atoms in total. The van der Waals surface area contributed by atoms with E-state index in [4.69, 9.17) is 22.1 Å². The van der Waals surface area contributed by atoms with Crippen LogP contribution >= 0.6 is 12.6 Å². The van der Waals surface area contributed by atoms with Gasteiger partial charge in [0.05, 0.1) is 9.85 Å². The zero-order valence-electron chi connectivity index (χ0n) is 23.1. The summed E-state index contributed by atoms with van der Waals surface area (Å²) in [7, 11) is 0. The van der Waals surface area contributed by atoms with Gasteiger partial charge < -0.3 is 24.6 Å². The maximum Gasteiger partial charge on any atom is 0.410 e. The predicted octanol–water partition coefficient (Wildman–Crippen LogP) is 2.69. The van der Waals surface area contributed by atoms with Gasteiger partial charge in [0.1, 0.15) is 24.0 Å². The summed E-state index contributed by atoms with van der Waals surface area (Å²) >= 11 is 4.80. The van der Waals surface area contributed by atoms with E-state index in [2.05, 4.69) is 5.32 Å². The number of nitro benzene ring substituents is 2. The number of benzene rings is 2. The first-order valence-corrected chi connectivity index (χ1v) is 13.6. The van der Waals surface area contributed by atoms with Gasteiger partial charge in [0, 0.05) is 62.4 Å². The van der Waals surface area contributed by atoms with Gasteiger partial charge in [-0.2, -0.15) is 12.6 Å². The van der Waals surface area contributed by atoms with Crippen molar-refractivity contribution in [1.82, 2.24) is 15.1 Å². The van der Waals surface area contributed by atoms with Crippen molar-refractivity contribution >= 4 is 42.0 Å². The Morgan fingerprint density at radius 1 is 0.929 bits per heavy atom. The summed E-state index contributed by atoms with van der Waals surface area (Å²) in [5.41, 5.74) is 0.169. The Balaban J connectivity index is 1.40. The van der Waals surface area contributed by atoms with Crippen LogP contribution in [-0.4, -0.2) is 81.1 Å². The highest BCUT2D eigenvalue weighted by molar-refractivity contribution is 7.82. The first-order chi connectivity index (χ1) is 19.8. The van der Waals surface area contributed by atoms with Crippen molar-refractivity contribution in [2.24, 2.45) is 5.41 Å². The van der Waals surface area contributed by atoms with Crippen molar-refractivity contribution in [3.63, 3.8) is 0 Å². The molecule has 4 rings (SSSR count). The van der Waals surface area contributed by atoms with E-state index in [1.165, 1.54) is 58.3 Å². The van der Waals surface area contributed by atoms with Crippen molar-refractivity contribution in [3.8, 4) is 0 Å². The molecule has 2 aromatic carbocycles. The quantitative estimate of drug-likeness (QED) is 0.198. The summed E-state index contributed by atoms with van der Waals surface area (Å²) in [6.07, 6.45) is -0.662. The summed E-state index contributed by atoms with van der Waals surface area (Å²) in [5.74, 6) is -1.05. The normalized spacial score (nSPS) is 21.5. The fourth-order valence-corrected chi connectivity index (χ4v) is 5.32. The molecule has 2 saturated heterocycles. The monoisotopic (exact) mass is 601 g/mol. The number of rotatable bonds is 8. The first kappa shape index (κ1) is 30.7. The number of nitrogens with one attached hydrogen (secondary N) is 1. The Bertz CT molecular complexity index is 1370. The van der Waals surface area contributed by atoms with Crippen LogP contribution < -0.4 is 5.32 Å². The van der Waals surface area contributed by atoms with E-state index in [0.717, 1.165) is 0 Å². The second kappa shape index (κ2) is 12.3. The molecule has 42 heavy (non-hydrogen) atoms. The number of hydrogen-bond donors (Lipinski definition) is 2. The number of carbonyl (C=O) groups excluding carboxylic acids is 3. The molecular formula is C27H31N5O9S. The number of likely N-dealkylation sites (tertiary alicyclic amines) is 1. The Hall–Kier alpha value is -4.24. The molecule has 15 heteroatoms. The first-order valence-electron chi connectivity index (χ1n) is 13.1. The molecular weight excluding hydrogens is 570 g/mol. The Labute approximate surface area is 246 Å². The zero-order chi connectivity index (χ0) is 30.7. The van der Waals surface area contributed by atoms with E-state index in [9.17, 15) is 34.6 Å². The summed E-state index contributed by atoms with van der Waals surface area (Å²) in [5, 5.41) is 24.8. The Morgan fingerprint density at radius 3 is 1.98 bits per heavy atom. The van der Waals surface area contributed by atoms with Crippen LogP contribution in [-0.2, 0) is 32.3 Å². The summed E-state index contributed by atoms with van der Waals surface area (Å²) in [6, 6.07) is 10.3. The van der Waals surface area contributed by atoms with Crippen LogP contribution in [0.4, 0.5) is 16.2 Å². The minimum Gasteiger partial charge on any atom is -0.459 e. The third kappa shape index (κ3) is 6.46. The van der Waals surface area contributed by atoms with Crippen LogP contribution in [0.25, 0.3) is 0 Å². The van der Waals surface area contributed by atoms with E-state index in [-0.39, 0.29) is 50.8 Å². The zero-order valence-corrected chi connectivity index (χ0v) is 24.0. The van der Waals surface area contributed by atoms with Crippen molar-refractivity contribution in [2.45, 2.75) is 37.9 Å². The van der Waals surface area contributed by atoms with Gasteiger partial charge >= 0.3 is 12.1 Å². The number of ether oxygens (including phenoxy) is 2. The minimum absolute atomic E-state index is 0.0600. The minimum atomic E-state index is -1.34. The number of nitrogens with zero attached hydrogens (tertiary/aromatic N) is 4. The number of non-ortho nitro benzene ring substituents is 2. The fourth-order valence-electron chi connectivity index (χ4n) is 4.95. The van der Waals surface area contributed by atoms with Crippen LogP contribution in [0.1, 0.15) is 25.0 Å². The average Bonchev–Trinajstić information content (AvgIpc) is 3.23.